The third-order valence-corrected chi connectivity index (χ3v) is 4.36. The van der Waals surface area contributed by atoms with E-state index in [-0.39, 0.29) is 11.5 Å². The topological polar surface area (TPSA) is 60.9 Å². The van der Waals surface area contributed by atoms with Crippen molar-refractivity contribution >= 4 is 17.6 Å². The molecule has 124 valence electrons. The molecule has 1 aliphatic heterocycles. The smallest absolute Gasteiger partial charge is 0.335 e. The third kappa shape index (κ3) is 3.40. The first kappa shape index (κ1) is 16.1. The highest BCUT2D eigenvalue weighted by Crippen LogP contribution is 2.27. The fourth-order valence-electron chi connectivity index (χ4n) is 2.97. The summed E-state index contributed by atoms with van der Waals surface area (Å²) in [6.45, 7) is 1.70. The van der Waals surface area contributed by atoms with E-state index in [1.807, 2.05) is 12.1 Å². The van der Waals surface area contributed by atoms with Gasteiger partial charge in [-0.15, -0.1) is 0 Å². The Morgan fingerprint density at radius 2 is 1.83 bits per heavy atom. The molecule has 2 aromatic rings. The van der Waals surface area contributed by atoms with E-state index < -0.39 is 5.97 Å². The van der Waals surface area contributed by atoms with Crippen molar-refractivity contribution in [3.63, 3.8) is 0 Å². The Labute approximate surface area is 141 Å². The fourth-order valence-corrected chi connectivity index (χ4v) is 2.97. The Balaban J connectivity index is 1.60. The summed E-state index contributed by atoms with van der Waals surface area (Å²) in [6.07, 6.45) is 0.976. The number of rotatable bonds is 5. The molecule has 1 aliphatic rings. The lowest BCUT2D eigenvalue weighted by Crippen LogP contribution is -2.37. The van der Waals surface area contributed by atoms with Gasteiger partial charge in [0.25, 0.3) is 0 Å². The molecule has 24 heavy (non-hydrogen) atoms. The van der Waals surface area contributed by atoms with Gasteiger partial charge in [-0.2, -0.15) is 0 Å². The van der Waals surface area contributed by atoms with Crippen LogP contribution in [0.25, 0.3) is 0 Å². The molecule has 2 aromatic carbocycles. The molecular weight excluding hydrogens is 304 g/mol. The second-order valence-electron chi connectivity index (χ2n) is 6.05. The summed E-state index contributed by atoms with van der Waals surface area (Å²) in [6, 6.07) is 14.8. The zero-order valence-corrected chi connectivity index (χ0v) is 13.6. The zero-order valence-electron chi connectivity index (χ0n) is 13.6. The Bertz CT molecular complexity index is 755. The molecule has 0 fully saturated rings. The van der Waals surface area contributed by atoms with Gasteiger partial charge in [0.15, 0.2) is 0 Å². The fraction of sp³-hybridized carbons (Fsp3) is 0.263. The minimum Gasteiger partial charge on any atom is -0.478 e. The van der Waals surface area contributed by atoms with Gasteiger partial charge in [-0.25, -0.2) is 4.79 Å². The van der Waals surface area contributed by atoms with Crippen LogP contribution in [-0.4, -0.2) is 42.0 Å². The predicted octanol–water partition coefficient (Wildman–Crippen LogP) is 2.41. The molecule has 5 nitrogen and oxygen atoms in total. The molecule has 0 aliphatic carbocycles. The second-order valence-corrected chi connectivity index (χ2v) is 6.05. The van der Waals surface area contributed by atoms with Crippen LogP contribution in [0.15, 0.2) is 48.5 Å². The second kappa shape index (κ2) is 6.74. The molecule has 0 radical (unpaired) electrons. The van der Waals surface area contributed by atoms with Gasteiger partial charge in [0.2, 0.25) is 5.91 Å². The van der Waals surface area contributed by atoms with Gasteiger partial charge >= 0.3 is 5.97 Å². The Hall–Kier alpha value is -2.82. The van der Waals surface area contributed by atoms with Crippen molar-refractivity contribution in [3.8, 4) is 0 Å². The first-order valence-electron chi connectivity index (χ1n) is 7.93. The summed E-state index contributed by atoms with van der Waals surface area (Å²) >= 11 is 0. The molecule has 0 aromatic heterocycles. The number of nitrogens with zero attached hydrogens (tertiary/aromatic N) is 2. The lowest BCUT2D eigenvalue weighted by molar-refractivity contribution is -0.128. The number of fused-ring (bicyclic) bond motifs is 1. The molecule has 0 atom stereocenters. The number of amides is 1. The van der Waals surface area contributed by atoms with Crippen molar-refractivity contribution in [2.75, 3.05) is 25.0 Å². The average molecular weight is 324 g/mol. The Morgan fingerprint density at radius 3 is 2.54 bits per heavy atom. The van der Waals surface area contributed by atoms with E-state index in [0.29, 0.717) is 13.1 Å². The molecule has 5 heteroatoms. The SMILES string of the molecule is CN(Cc1ccc(C(=O)O)cc1)C(=O)CN1CCc2ccccc21. The number of benzene rings is 2. The average Bonchev–Trinajstić information content (AvgIpc) is 2.98. The van der Waals surface area contributed by atoms with Gasteiger partial charge in [0.05, 0.1) is 12.1 Å². The molecule has 0 saturated heterocycles. The van der Waals surface area contributed by atoms with Crippen molar-refractivity contribution < 1.29 is 14.7 Å². The minimum atomic E-state index is -0.946. The quantitative estimate of drug-likeness (QED) is 0.917. The van der Waals surface area contributed by atoms with Crippen LogP contribution in [0.5, 0.6) is 0 Å². The first-order chi connectivity index (χ1) is 11.5. The van der Waals surface area contributed by atoms with E-state index in [1.165, 1.54) is 5.56 Å². The number of anilines is 1. The highest BCUT2D eigenvalue weighted by Gasteiger charge is 2.22. The van der Waals surface area contributed by atoms with Gasteiger partial charge in [0.1, 0.15) is 0 Å². The summed E-state index contributed by atoms with van der Waals surface area (Å²) < 4.78 is 0. The van der Waals surface area contributed by atoms with Gasteiger partial charge < -0.3 is 14.9 Å². The lowest BCUT2D eigenvalue weighted by atomic mass is 10.1. The largest absolute Gasteiger partial charge is 0.478 e. The van der Waals surface area contributed by atoms with Gasteiger partial charge in [-0.05, 0) is 35.7 Å². The maximum absolute atomic E-state index is 12.5. The van der Waals surface area contributed by atoms with Crippen molar-refractivity contribution in [3.05, 3.63) is 65.2 Å². The molecule has 1 N–H and O–H groups in total. The van der Waals surface area contributed by atoms with E-state index in [1.54, 1.807) is 36.2 Å². The summed E-state index contributed by atoms with van der Waals surface area (Å²) in [7, 11) is 1.77. The van der Waals surface area contributed by atoms with Crippen molar-refractivity contribution in [2.45, 2.75) is 13.0 Å². The zero-order chi connectivity index (χ0) is 17.1. The van der Waals surface area contributed by atoms with Crippen LogP contribution in [-0.2, 0) is 17.8 Å². The Morgan fingerprint density at radius 1 is 1.12 bits per heavy atom. The number of hydrogen-bond donors (Lipinski definition) is 1. The number of carboxylic acid groups (broad SMARTS) is 1. The van der Waals surface area contributed by atoms with Crippen molar-refractivity contribution in [1.29, 1.82) is 0 Å². The lowest BCUT2D eigenvalue weighted by Gasteiger charge is -2.23. The Kier molecular flexibility index (Phi) is 4.51. The normalized spacial score (nSPS) is 12.8. The maximum atomic E-state index is 12.5. The number of likely N-dealkylation sites (N-methyl/N-ethyl adjacent to an activating group) is 1. The van der Waals surface area contributed by atoms with Crippen molar-refractivity contribution in [1.82, 2.24) is 4.90 Å². The molecular formula is C19H20N2O3. The predicted molar refractivity (Wildman–Crippen MR) is 92.2 cm³/mol. The van der Waals surface area contributed by atoms with Gasteiger partial charge in [-0.1, -0.05) is 30.3 Å². The molecule has 1 amide bonds. The number of carboxylic acids is 1. The number of para-hydroxylation sites is 1. The van der Waals surface area contributed by atoms with E-state index in [9.17, 15) is 9.59 Å². The highest BCUT2D eigenvalue weighted by atomic mass is 16.4. The van der Waals surface area contributed by atoms with Crippen LogP contribution < -0.4 is 4.90 Å². The van der Waals surface area contributed by atoms with Crippen LogP contribution in [0, 0.1) is 0 Å². The summed E-state index contributed by atoms with van der Waals surface area (Å²) in [5, 5.41) is 8.92. The van der Waals surface area contributed by atoms with Crippen LogP contribution in [0.4, 0.5) is 5.69 Å². The van der Waals surface area contributed by atoms with Crippen LogP contribution in [0.2, 0.25) is 0 Å². The number of carbonyl (C=O) groups excluding carboxylic acids is 1. The molecule has 0 unspecified atom stereocenters. The third-order valence-electron chi connectivity index (χ3n) is 4.36. The molecule has 1 heterocycles. The van der Waals surface area contributed by atoms with Gasteiger partial charge in [-0.3, -0.25) is 4.79 Å². The van der Waals surface area contributed by atoms with E-state index in [4.69, 9.17) is 5.11 Å². The molecule has 3 rings (SSSR count). The maximum Gasteiger partial charge on any atom is 0.335 e. The number of aromatic carboxylic acids is 1. The number of hydrogen-bond acceptors (Lipinski definition) is 3. The summed E-state index contributed by atoms with van der Waals surface area (Å²) in [4.78, 5) is 27.1. The monoisotopic (exact) mass is 324 g/mol. The van der Waals surface area contributed by atoms with Gasteiger partial charge in [0, 0.05) is 25.8 Å². The van der Waals surface area contributed by atoms with E-state index in [2.05, 4.69) is 17.0 Å². The van der Waals surface area contributed by atoms with Crippen LogP contribution in [0.3, 0.4) is 0 Å². The molecule has 0 bridgehead atoms. The van der Waals surface area contributed by atoms with Crippen molar-refractivity contribution in [2.24, 2.45) is 0 Å². The molecule has 0 saturated carbocycles. The summed E-state index contributed by atoms with van der Waals surface area (Å²) in [5.41, 5.74) is 3.60. The first-order valence-corrected chi connectivity index (χ1v) is 7.93. The summed E-state index contributed by atoms with van der Waals surface area (Å²) in [5.74, 6) is -0.896. The van der Waals surface area contributed by atoms with Crippen LogP contribution in [0.1, 0.15) is 21.5 Å². The van der Waals surface area contributed by atoms with E-state index in [0.717, 1.165) is 24.2 Å². The van der Waals surface area contributed by atoms with E-state index >= 15 is 0 Å². The number of carbonyl (C=O) groups is 2. The molecule has 0 spiro atoms. The highest BCUT2D eigenvalue weighted by molar-refractivity contribution is 5.87. The minimum absolute atomic E-state index is 0.0500. The van der Waals surface area contributed by atoms with Crippen LogP contribution >= 0.6 is 0 Å². The standard InChI is InChI=1S/C19H20N2O3/c1-20(12-14-6-8-16(9-7-14)19(23)24)18(22)13-21-11-10-15-4-2-3-5-17(15)21/h2-9H,10-13H2,1H3,(H,23,24).